The second-order valence-corrected chi connectivity index (χ2v) is 5.35. The number of aromatic nitrogens is 2. The van der Waals surface area contributed by atoms with Crippen molar-refractivity contribution in [2.24, 2.45) is 7.05 Å². The minimum absolute atomic E-state index is 0.156. The Kier molecular flexibility index (Phi) is 5.12. The first-order valence-corrected chi connectivity index (χ1v) is 7.09. The molecule has 1 heterocycles. The molecule has 0 radical (unpaired) electrons. The lowest BCUT2D eigenvalue weighted by molar-refractivity contribution is -0.144. The fraction of sp³-hybridized carbons (Fsp3) is 0.214. The molecule has 1 aromatic heterocycles. The van der Waals surface area contributed by atoms with Crippen molar-refractivity contribution in [3.05, 3.63) is 55.6 Å². The zero-order valence-electron chi connectivity index (χ0n) is 13.1. The van der Waals surface area contributed by atoms with Crippen molar-refractivity contribution in [1.29, 1.82) is 0 Å². The molecule has 1 N–H and O–H groups in total. The number of nitrogens with zero attached hydrogens (tertiary/aromatic N) is 2. The highest BCUT2D eigenvalue weighted by Crippen LogP contribution is 2.29. The molecule has 0 unspecified atom stereocenters. The van der Waals surface area contributed by atoms with Gasteiger partial charge in [0.15, 0.2) is 0 Å². The zero-order valence-corrected chi connectivity index (χ0v) is 13.9. The van der Waals surface area contributed by atoms with Gasteiger partial charge >= 0.3 is 18.0 Å². The number of rotatable bonds is 2. The summed E-state index contributed by atoms with van der Waals surface area (Å²) in [6, 6.07) is 1.67. The third kappa shape index (κ3) is 3.57. The number of hydrogen-bond acceptors (Lipinski definition) is 4. The van der Waals surface area contributed by atoms with Gasteiger partial charge in [-0.2, -0.15) is 13.2 Å². The summed E-state index contributed by atoms with van der Waals surface area (Å²) in [6.07, 6.45) is -5.93. The molecular weight excluding hydrogens is 386 g/mol. The van der Waals surface area contributed by atoms with E-state index >= 15 is 0 Å². The molecule has 26 heavy (non-hydrogen) atoms. The van der Waals surface area contributed by atoms with E-state index in [0.29, 0.717) is 6.07 Å². The van der Waals surface area contributed by atoms with Gasteiger partial charge in [-0.15, -0.1) is 0 Å². The number of nitrogens with one attached hydrogen (secondary N) is 1. The van der Waals surface area contributed by atoms with Crippen LogP contribution in [0.3, 0.4) is 0 Å². The van der Waals surface area contributed by atoms with Crippen LogP contribution in [0.4, 0.5) is 28.0 Å². The molecule has 1 aromatic carbocycles. The Labute approximate surface area is 147 Å². The predicted octanol–water partition coefficient (Wildman–Crippen LogP) is 2.53. The Morgan fingerprint density at radius 1 is 1.23 bits per heavy atom. The number of benzene rings is 1. The van der Waals surface area contributed by atoms with Crippen molar-refractivity contribution < 1.29 is 27.1 Å². The molecule has 0 saturated carbocycles. The summed E-state index contributed by atoms with van der Waals surface area (Å²) in [6.45, 7) is 0. The third-order valence-electron chi connectivity index (χ3n) is 3.31. The highest BCUT2D eigenvalue weighted by atomic mass is 35.5. The number of hydrogen-bond donors (Lipinski definition) is 1. The summed E-state index contributed by atoms with van der Waals surface area (Å²) in [7, 11) is 1.83. The molecule has 12 heteroatoms. The van der Waals surface area contributed by atoms with Crippen LogP contribution >= 0.6 is 11.6 Å². The molecule has 0 aliphatic rings. The molecule has 0 aliphatic carbocycles. The molecule has 0 bridgehead atoms. The Morgan fingerprint density at radius 3 is 2.38 bits per heavy atom. The van der Waals surface area contributed by atoms with Gasteiger partial charge in [-0.05, 0) is 12.1 Å². The quantitative estimate of drug-likeness (QED) is 0.792. The smallest absolute Gasteiger partial charge is 0.431 e. The summed E-state index contributed by atoms with van der Waals surface area (Å²) >= 11 is 5.76. The lowest BCUT2D eigenvalue weighted by Gasteiger charge is -2.15. The number of alkyl halides is 3. The van der Waals surface area contributed by atoms with Gasteiger partial charge in [0.1, 0.15) is 11.5 Å². The fourth-order valence-electron chi connectivity index (χ4n) is 2.09. The summed E-state index contributed by atoms with van der Waals surface area (Å²) in [4.78, 5) is 35.5. The van der Waals surface area contributed by atoms with E-state index in [1.165, 1.54) is 0 Å². The maximum Gasteiger partial charge on any atom is 0.431 e. The highest BCUT2D eigenvalue weighted by Gasteiger charge is 2.35. The first-order chi connectivity index (χ1) is 12.0. The average molecular weight is 396 g/mol. The van der Waals surface area contributed by atoms with Gasteiger partial charge in [0.2, 0.25) is 0 Å². The number of carbonyl (C=O) groups excluding carboxylic acids is 1. The average Bonchev–Trinajstić information content (AvgIpc) is 2.53. The van der Waals surface area contributed by atoms with Crippen molar-refractivity contribution in [2.75, 3.05) is 12.4 Å². The van der Waals surface area contributed by atoms with Gasteiger partial charge in [0.05, 0.1) is 23.5 Å². The second-order valence-electron chi connectivity index (χ2n) is 4.94. The molecule has 0 aliphatic heterocycles. The fourth-order valence-corrected chi connectivity index (χ4v) is 2.28. The maximum absolute atomic E-state index is 14.2. The SMILES string of the molecule is COC(=O)Nc1cc(-n2c(=O)cc(C(F)(F)F)n(C)c2=O)c(F)cc1Cl. The minimum Gasteiger partial charge on any atom is -0.453 e. The first kappa shape index (κ1) is 19.5. The highest BCUT2D eigenvalue weighted by molar-refractivity contribution is 6.33. The van der Waals surface area contributed by atoms with Gasteiger partial charge in [-0.1, -0.05) is 11.6 Å². The molecule has 7 nitrogen and oxygen atoms in total. The molecular formula is C14H10ClF4N3O4. The number of methoxy groups -OCH3 is 1. The molecule has 2 rings (SSSR count). The summed E-state index contributed by atoms with van der Waals surface area (Å²) in [5.41, 5.74) is -5.25. The Hall–Kier alpha value is -2.82. The van der Waals surface area contributed by atoms with Crippen LogP contribution in [0.1, 0.15) is 5.69 Å². The van der Waals surface area contributed by atoms with Gasteiger partial charge < -0.3 is 4.74 Å². The first-order valence-electron chi connectivity index (χ1n) is 6.72. The van der Waals surface area contributed by atoms with Crippen LogP contribution in [-0.2, 0) is 18.0 Å². The van der Waals surface area contributed by atoms with Gasteiger partial charge in [-0.3, -0.25) is 14.7 Å². The molecule has 0 spiro atoms. The van der Waals surface area contributed by atoms with Crippen molar-refractivity contribution in [3.8, 4) is 5.69 Å². The third-order valence-corrected chi connectivity index (χ3v) is 3.62. The van der Waals surface area contributed by atoms with E-state index in [2.05, 4.69) is 10.1 Å². The number of halogens is 5. The second kappa shape index (κ2) is 6.83. The molecule has 140 valence electrons. The lowest BCUT2D eigenvalue weighted by Crippen LogP contribution is -2.41. The number of anilines is 1. The van der Waals surface area contributed by atoms with Crippen molar-refractivity contribution in [2.45, 2.75) is 6.18 Å². The summed E-state index contributed by atoms with van der Waals surface area (Å²) in [5, 5.41) is 1.84. The molecule has 0 fully saturated rings. The predicted molar refractivity (Wildman–Crippen MR) is 83.3 cm³/mol. The van der Waals surface area contributed by atoms with E-state index in [4.69, 9.17) is 11.6 Å². The standard InChI is InChI=1S/C14H10ClF4N3O4/c1-21-10(14(17,18)19)5-11(23)22(13(21)25)9-4-8(20-12(24)26-2)6(15)3-7(9)16/h3-5H,1-2H3,(H,20,24). The van der Waals surface area contributed by atoms with Gasteiger partial charge in [0.25, 0.3) is 5.56 Å². The van der Waals surface area contributed by atoms with E-state index in [1.807, 2.05) is 0 Å². The van der Waals surface area contributed by atoms with Gasteiger partial charge in [-0.25, -0.2) is 18.5 Å². The van der Waals surface area contributed by atoms with Crippen molar-refractivity contribution in [3.63, 3.8) is 0 Å². The Bertz CT molecular complexity index is 997. The van der Waals surface area contributed by atoms with Crippen molar-refractivity contribution >= 4 is 23.4 Å². The zero-order chi connectivity index (χ0) is 19.8. The van der Waals surface area contributed by atoms with E-state index in [1.54, 1.807) is 0 Å². The topological polar surface area (TPSA) is 82.3 Å². The normalized spacial score (nSPS) is 11.3. The maximum atomic E-state index is 14.2. The molecule has 0 saturated heterocycles. The summed E-state index contributed by atoms with van der Waals surface area (Å²) in [5.74, 6) is -1.16. The summed E-state index contributed by atoms with van der Waals surface area (Å²) < 4.78 is 57.5. The molecule has 1 amide bonds. The van der Waals surface area contributed by atoms with Crippen LogP contribution in [0.25, 0.3) is 5.69 Å². The van der Waals surface area contributed by atoms with E-state index in [9.17, 15) is 31.9 Å². The van der Waals surface area contributed by atoms with Crippen LogP contribution < -0.4 is 16.6 Å². The van der Waals surface area contributed by atoms with E-state index in [-0.39, 0.29) is 25.9 Å². The Balaban J connectivity index is 2.75. The van der Waals surface area contributed by atoms with Crippen LogP contribution in [0.2, 0.25) is 5.02 Å². The number of amides is 1. The van der Waals surface area contributed by atoms with Crippen LogP contribution in [0.5, 0.6) is 0 Å². The van der Waals surface area contributed by atoms with Crippen molar-refractivity contribution in [1.82, 2.24) is 9.13 Å². The number of ether oxygens (including phenoxy) is 1. The minimum atomic E-state index is -4.96. The molecule has 0 atom stereocenters. The van der Waals surface area contributed by atoms with Crippen LogP contribution in [-0.4, -0.2) is 22.3 Å². The Morgan fingerprint density at radius 2 is 1.85 bits per heavy atom. The van der Waals surface area contributed by atoms with Gasteiger partial charge in [0, 0.05) is 13.1 Å². The monoisotopic (exact) mass is 395 g/mol. The van der Waals surface area contributed by atoms with E-state index < -0.39 is 40.7 Å². The van der Waals surface area contributed by atoms with Crippen LogP contribution in [0.15, 0.2) is 27.8 Å². The number of carbonyl (C=O) groups is 1. The largest absolute Gasteiger partial charge is 0.453 e. The lowest BCUT2D eigenvalue weighted by atomic mass is 10.2. The van der Waals surface area contributed by atoms with E-state index in [0.717, 1.165) is 20.2 Å². The van der Waals surface area contributed by atoms with Crippen LogP contribution in [0, 0.1) is 5.82 Å². The molecule has 2 aromatic rings.